The second-order valence-electron chi connectivity index (χ2n) is 11.0. The van der Waals surface area contributed by atoms with Crippen LogP contribution in [0.4, 0.5) is 4.39 Å². The van der Waals surface area contributed by atoms with Crippen LogP contribution >= 0.6 is 0 Å². The Morgan fingerprint density at radius 1 is 1.20 bits per heavy atom. The molecule has 0 bridgehead atoms. The number of nitrogens with two attached hydrogens (primary N) is 1. The van der Waals surface area contributed by atoms with Crippen LogP contribution in [-0.4, -0.2) is 40.0 Å². The molecule has 2 aromatic carbocycles. The second kappa shape index (κ2) is 9.59. The molecule has 1 fully saturated rings. The summed E-state index contributed by atoms with van der Waals surface area (Å²) >= 11 is 0. The van der Waals surface area contributed by atoms with E-state index < -0.39 is 11.3 Å². The quantitative estimate of drug-likeness (QED) is 0.317. The number of hydrogen-bond donors (Lipinski definition) is 3. The highest BCUT2D eigenvalue weighted by atomic mass is 19.1. The number of carbonyl (C=O) groups is 2. The van der Waals surface area contributed by atoms with Gasteiger partial charge < -0.3 is 20.9 Å². The zero-order valence-corrected chi connectivity index (χ0v) is 22.2. The molecular formula is C31H29FN4O4. The van der Waals surface area contributed by atoms with Crippen LogP contribution < -0.4 is 15.8 Å². The Balaban J connectivity index is 1.35. The largest absolute Gasteiger partial charge is 0.506 e. The molecule has 8 nitrogen and oxygen atoms in total. The lowest BCUT2D eigenvalue weighted by molar-refractivity contribution is -0.123. The number of phenolic OH excluding ortho intramolecular Hbond substituents is 1. The van der Waals surface area contributed by atoms with Crippen molar-refractivity contribution >= 4 is 22.7 Å². The van der Waals surface area contributed by atoms with E-state index >= 15 is 0 Å². The maximum atomic E-state index is 13.7. The average molecular weight is 541 g/mol. The van der Waals surface area contributed by atoms with Crippen molar-refractivity contribution in [2.45, 2.75) is 38.0 Å². The number of nitrogens with one attached hydrogen (secondary N) is 1. The molecule has 3 heterocycles. The number of aromatic hydroxyl groups is 1. The van der Waals surface area contributed by atoms with Crippen molar-refractivity contribution in [3.05, 3.63) is 82.9 Å². The van der Waals surface area contributed by atoms with Gasteiger partial charge in [-0.05, 0) is 86.7 Å². The smallest absolute Gasteiger partial charge is 0.251 e. The average Bonchev–Trinajstić information content (AvgIpc) is 3.71. The SMILES string of the molecule is Cc1cnc2c(O)cc(C(=O)NC[C@H](c3cc4c(c(-c5ccc(F)cc5)n3)OC[C@]4(C)C(N)=O)C3CC3)cc2c1. The number of aryl methyl sites for hydroxylation is 1. The first-order valence-electron chi connectivity index (χ1n) is 13.3. The summed E-state index contributed by atoms with van der Waals surface area (Å²) in [5, 5.41) is 14.2. The molecule has 2 aromatic heterocycles. The molecule has 6 rings (SSSR count). The maximum absolute atomic E-state index is 13.7. The number of hydrogen-bond acceptors (Lipinski definition) is 6. The number of fused-ring (bicyclic) bond motifs is 2. The Bertz CT molecular complexity index is 1670. The topological polar surface area (TPSA) is 127 Å². The van der Waals surface area contributed by atoms with Crippen molar-refractivity contribution in [2.75, 3.05) is 13.2 Å². The van der Waals surface area contributed by atoms with E-state index in [4.69, 9.17) is 15.5 Å². The van der Waals surface area contributed by atoms with Crippen molar-refractivity contribution in [3.8, 4) is 22.8 Å². The molecule has 0 saturated heterocycles. The Hall–Kier alpha value is -4.53. The van der Waals surface area contributed by atoms with E-state index in [0.29, 0.717) is 57.2 Å². The number of primary amides is 1. The number of pyridine rings is 2. The van der Waals surface area contributed by atoms with Crippen LogP contribution in [0.15, 0.2) is 54.7 Å². The van der Waals surface area contributed by atoms with Gasteiger partial charge in [0.1, 0.15) is 40.5 Å². The Kier molecular flexibility index (Phi) is 6.17. The zero-order valence-electron chi connectivity index (χ0n) is 22.2. The van der Waals surface area contributed by atoms with Crippen LogP contribution in [0, 0.1) is 18.7 Å². The highest BCUT2D eigenvalue weighted by Crippen LogP contribution is 2.48. The molecule has 40 heavy (non-hydrogen) atoms. The molecule has 2 atom stereocenters. The van der Waals surface area contributed by atoms with Gasteiger partial charge in [0.25, 0.3) is 5.91 Å². The van der Waals surface area contributed by atoms with Crippen molar-refractivity contribution in [3.63, 3.8) is 0 Å². The maximum Gasteiger partial charge on any atom is 0.251 e. The Morgan fingerprint density at radius 2 is 1.95 bits per heavy atom. The predicted molar refractivity (Wildman–Crippen MR) is 148 cm³/mol. The Labute approximate surface area is 230 Å². The highest BCUT2D eigenvalue weighted by molar-refractivity contribution is 6.00. The molecule has 1 saturated carbocycles. The number of carbonyl (C=O) groups excluding carboxylic acids is 2. The van der Waals surface area contributed by atoms with E-state index in [1.54, 1.807) is 31.3 Å². The minimum Gasteiger partial charge on any atom is -0.506 e. The van der Waals surface area contributed by atoms with E-state index in [-0.39, 0.29) is 30.0 Å². The van der Waals surface area contributed by atoms with Gasteiger partial charge in [-0.25, -0.2) is 9.37 Å². The lowest BCUT2D eigenvalue weighted by Gasteiger charge is -2.22. The van der Waals surface area contributed by atoms with Crippen molar-refractivity contribution in [1.29, 1.82) is 0 Å². The van der Waals surface area contributed by atoms with Gasteiger partial charge in [-0.3, -0.25) is 14.6 Å². The van der Waals surface area contributed by atoms with Crippen molar-refractivity contribution < 1.29 is 23.8 Å². The van der Waals surface area contributed by atoms with Gasteiger partial charge in [0.15, 0.2) is 0 Å². The van der Waals surface area contributed by atoms with Crippen molar-refractivity contribution in [1.82, 2.24) is 15.3 Å². The lowest BCUT2D eigenvalue weighted by Crippen LogP contribution is -2.40. The van der Waals surface area contributed by atoms with Crippen LogP contribution in [-0.2, 0) is 10.2 Å². The summed E-state index contributed by atoms with van der Waals surface area (Å²) in [5.41, 5.74) is 8.96. The summed E-state index contributed by atoms with van der Waals surface area (Å²) in [7, 11) is 0. The molecular weight excluding hydrogens is 511 g/mol. The fourth-order valence-electron chi connectivity index (χ4n) is 5.39. The molecule has 1 aliphatic carbocycles. The summed E-state index contributed by atoms with van der Waals surface area (Å²) < 4.78 is 19.7. The van der Waals surface area contributed by atoms with Crippen LogP contribution in [0.1, 0.15) is 52.9 Å². The van der Waals surface area contributed by atoms with Gasteiger partial charge in [0, 0.05) is 46.4 Å². The number of rotatable bonds is 7. The Morgan fingerprint density at radius 3 is 2.65 bits per heavy atom. The van der Waals surface area contributed by atoms with E-state index in [9.17, 15) is 19.1 Å². The third-order valence-corrected chi connectivity index (χ3v) is 7.97. The second-order valence-corrected chi connectivity index (χ2v) is 11.0. The number of aromatic nitrogens is 2. The summed E-state index contributed by atoms with van der Waals surface area (Å²) in [6, 6.07) is 12.8. The number of ether oxygens (including phenoxy) is 1. The third kappa shape index (κ3) is 4.51. The van der Waals surface area contributed by atoms with Crippen LogP contribution in [0.2, 0.25) is 0 Å². The standard InChI is InChI=1S/C31H29FN4O4/c1-16-9-19-10-20(11-25(37)26(19)34-13-16)29(38)35-14-22(17-3-4-17)24-12-23-28(40-15-31(23,2)30(33)39)27(36-24)18-5-7-21(32)8-6-18/h5-13,17,22,37H,3-4,14-15H2,1-2H3,(H2,33,39)(H,35,38)/t22-,31-/m0/s1. The molecule has 2 aliphatic rings. The molecule has 0 radical (unpaired) electrons. The van der Waals surface area contributed by atoms with Gasteiger partial charge in [-0.1, -0.05) is 0 Å². The van der Waals surface area contributed by atoms with E-state index in [0.717, 1.165) is 18.4 Å². The van der Waals surface area contributed by atoms with E-state index in [2.05, 4.69) is 10.3 Å². The number of nitrogens with zero attached hydrogens (tertiary/aromatic N) is 2. The first-order chi connectivity index (χ1) is 19.1. The van der Waals surface area contributed by atoms with Crippen molar-refractivity contribution in [2.24, 2.45) is 11.7 Å². The fraction of sp³-hybridized carbons (Fsp3) is 0.290. The van der Waals surface area contributed by atoms with Crippen LogP contribution in [0.25, 0.3) is 22.2 Å². The molecule has 9 heteroatoms. The van der Waals surface area contributed by atoms with Gasteiger partial charge in [-0.15, -0.1) is 0 Å². The first kappa shape index (κ1) is 25.7. The van der Waals surface area contributed by atoms with Gasteiger partial charge in [0.2, 0.25) is 5.91 Å². The zero-order chi connectivity index (χ0) is 28.2. The van der Waals surface area contributed by atoms with Gasteiger partial charge in [0.05, 0.1) is 0 Å². The minimum atomic E-state index is -1.05. The predicted octanol–water partition coefficient (Wildman–Crippen LogP) is 4.51. The minimum absolute atomic E-state index is 0.0589. The fourth-order valence-corrected chi connectivity index (χ4v) is 5.39. The highest BCUT2D eigenvalue weighted by Gasteiger charge is 2.45. The molecule has 204 valence electrons. The molecule has 2 amide bonds. The molecule has 4 aromatic rings. The number of amides is 2. The summed E-state index contributed by atoms with van der Waals surface area (Å²) in [5.74, 6) is -0.638. The molecule has 1 aliphatic heterocycles. The van der Waals surface area contributed by atoms with Gasteiger partial charge >= 0.3 is 0 Å². The molecule has 4 N–H and O–H groups in total. The summed E-state index contributed by atoms with van der Waals surface area (Å²) in [4.78, 5) is 34.9. The van der Waals surface area contributed by atoms with E-state index in [1.807, 2.05) is 19.1 Å². The monoisotopic (exact) mass is 540 g/mol. The first-order valence-corrected chi connectivity index (χ1v) is 13.3. The summed E-state index contributed by atoms with van der Waals surface area (Å²) in [6.07, 6.45) is 3.63. The van der Waals surface area contributed by atoms with Crippen LogP contribution in [0.3, 0.4) is 0 Å². The molecule has 0 unspecified atom stereocenters. The third-order valence-electron chi connectivity index (χ3n) is 7.97. The van der Waals surface area contributed by atoms with Crippen LogP contribution in [0.5, 0.6) is 11.5 Å². The summed E-state index contributed by atoms with van der Waals surface area (Å²) in [6.45, 7) is 4.03. The van der Waals surface area contributed by atoms with E-state index in [1.165, 1.54) is 18.2 Å². The number of halogens is 1. The molecule has 0 spiro atoms. The lowest BCUT2D eigenvalue weighted by atomic mass is 9.82. The number of phenols is 1. The normalized spacial score (nSPS) is 18.7. The van der Waals surface area contributed by atoms with Gasteiger partial charge in [-0.2, -0.15) is 0 Å². The number of benzene rings is 2.